The molecule has 2 aliphatic carbocycles. The van der Waals surface area contributed by atoms with E-state index >= 15 is 0 Å². The molecule has 2 aliphatic rings. The molecule has 13 heavy (non-hydrogen) atoms. The van der Waals surface area contributed by atoms with Crippen LogP contribution in [-0.4, -0.2) is 12.6 Å². The molecule has 2 fully saturated rings. The van der Waals surface area contributed by atoms with Gasteiger partial charge in [0, 0.05) is 6.04 Å². The van der Waals surface area contributed by atoms with Gasteiger partial charge in [-0.1, -0.05) is 27.2 Å². The molecule has 2 saturated carbocycles. The molecule has 0 spiro atoms. The summed E-state index contributed by atoms with van der Waals surface area (Å²) in [6, 6.07) is 0.891. The fourth-order valence-corrected chi connectivity index (χ4v) is 2.44. The van der Waals surface area contributed by atoms with Crippen LogP contribution in [0.25, 0.3) is 0 Å². The van der Waals surface area contributed by atoms with Crippen LogP contribution in [0.5, 0.6) is 0 Å². The minimum absolute atomic E-state index is 0.677. The third-order valence-corrected chi connectivity index (χ3v) is 4.43. The van der Waals surface area contributed by atoms with Gasteiger partial charge in [-0.3, -0.25) is 0 Å². The monoisotopic (exact) mass is 181 g/mol. The van der Waals surface area contributed by atoms with Crippen molar-refractivity contribution in [2.24, 2.45) is 17.3 Å². The summed E-state index contributed by atoms with van der Waals surface area (Å²) in [5.41, 5.74) is 0.677. The molecule has 0 heterocycles. The molecule has 0 radical (unpaired) electrons. The smallest absolute Gasteiger partial charge is 0.00683 e. The molecule has 0 aromatic carbocycles. The molecule has 3 atom stereocenters. The lowest BCUT2D eigenvalue weighted by Crippen LogP contribution is -2.23. The van der Waals surface area contributed by atoms with E-state index in [9.17, 15) is 0 Å². The largest absolute Gasteiger partial charge is 0.314 e. The molecule has 3 unspecified atom stereocenters. The predicted molar refractivity (Wildman–Crippen MR) is 56.7 cm³/mol. The van der Waals surface area contributed by atoms with Crippen molar-refractivity contribution in [2.45, 2.75) is 52.5 Å². The molecular weight excluding hydrogens is 158 g/mol. The summed E-state index contributed by atoms with van der Waals surface area (Å²) >= 11 is 0. The van der Waals surface area contributed by atoms with Crippen molar-refractivity contribution >= 4 is 0 Å². The topological polar surface area (TPSA) is 12.0 Å². The molecule has 0 amide bonds. The zero-order chi connectivity index (χ0) is 9.47. The van der Waals surface area contributed by atoms with Crippen LogP contribution in [0.4, 0.5) is 0 Å². The van der Waals surface area contributed by atoms with Gasteiger partial charge in [0.1, 0.15) is 0 Å². The summed E-state index contributed by atoms with van der Waals surface area (Å²) in [6.07, 6.45) is 5.65. The van der Waals surface area contributed by atoms with Gasteiger partial charge in [0.2, 0.25) is 0 Å². The second kappa shape index (κ2) is 3.27. The first-order valence-corrected chi connectivity index (χ1v) is 5.90. The zero-order valence-electron chi connectivity index (χ0n) is 9.27. The second-order valence-electron chi connectivity index (χ2n) is 5.40. The van der Waals surface area contributed by atoms with Gasteiger partial charge in [0.15, 0.2) is 0 Å². The Morgan fingerprint density at radius 2 is 2.15 bits per heavy atom. The summed E-state index contributed by atoms with van der Waals surface area (Å²) in [7, 11) is 0. The number of nitrogens with one attached hydrogen (secondary N) is 1. The number of rotatable bonds is 5. The summed E-state index contributed by atoms with van der Waals surface area (Å²) in [6.45, 7) is 8.49. The lowest BCUT2D eigenvalue weighted by Gasteiger charge is -2.19. The molecule has 1 heteroatoms. The van der Waals surface area contributed by atoms with Crippen molar-refractivity contribution in [1.82, 2.24) is 5.32 Å². The van der Waals surface area contributed by atoms with Crippen LogP contribution in [0, 0.1) is 17.3 Å². The van der Waals surface area contributed by atoms with Gasteiger partial charge in [0.05, 0.1) is 0 Å². The first kappa shape index (κ1) is 9.51. The van der Waals surface area contributed by atoms with E-state index in [0.29, 0.717) is 5.41 Å². The molecule has 76 valence electrons. The highest BCUT2D eigenvalue weighted by Gasteiger charge is 2.52. The maximum absolute atomic E-state index is 3.65. The van der Waals surface area contributed by atoms with E-state index in [2.05, 4.69) is 26.1 Å². The summed E-state index contributed by atoms with van der Waals surface area (Å²) < 4.78 is 0. The normalized spacial score (nSPS) is 40.4. The molecule has 1 nitrogen and oxygen atoms in total. The van der Waals surface area contributed by atoms with Crippen LogP contribution in [-0.2, 0) is 0 Å². The van der Waals surface area contributed by atoms with E-state index in [4.69, 9.17) is 0 Å². The Labute approximate surface area is 82.3 Å². The quantitative estimate of drug-likeness (QED) is 0.687. The minimum Gasteiger partial charge on any atom is -0.314 e. The molecular formula is C12H23N. The van der Waals surface area contributed by atoms with Gasteiger partial charge < -0.3 is 5.32 Å². The second-order valence-corrected chi connectivity index (χ2v) is 5.40. The van der Waals surface area contributed by atoms with Crippen molar-refractivity contribution in [3.63, 3.8) is 0 Å². The standard InChI is InChI=1S/C12H23N/c1-4-9(2)12(3)7-10(12)8-13-11-5-6-11/h9-11,13H,4-8H2,1-3H3. The van der Waals surface area contributed by atoms with E-state index in [1.54, 1.807) is 0 Å². The highest BCUT2D eigenvalue weighted by molar-refractivity contribution is 5.03. The molecule has 0 saturated heterocycles. The van der Waals surface area contributed by atoms with Crippen molar-refractivity contribution in [3.8, 4) is 0 Å². The van der Waals surface area contributed by atoms with Crippen molar-refractivity contribution in [1.29, 1.82) is 0 Å². The van der Waals surface area contributed by atoms with Crippen LogP contribution in [0.1, 0.15) is 46.5 Å². The van der Waals surface area contributed by atoms with Gasteiger partial charge >= 0.3 is 0 Å². The minimum atomic E-state index is 0.677. The van der Waals surface area contributed by atoms with E-state index in [-0.39, 0.29) is 0 Å². The van der Waals surface area contributed by atoms with Crippen LogP contribution in [0.15, 0.2) is 0 Å². The Balaban J connectivity index is 1.72. The van der Waals surface area contributed by atoms with Crippen molar-refractivity contribution < 1.29 is 0 Å². The van der Waals surface area contributed by atoms with Crippen LogP contribution in [0.2, 0.25) is 0 Å². The summed E-state index contributed by atoms with van der Waals surface area (Å²) in [5.74, 6) is 1.89. The van der Waals surface area contributed by atoms with Gasteiger partial charge in [-0.2, -0.15) is 0 Å². The average Bonchev–Trinajstić information content (AvgIpc) is 2.97. The van der Waals surface area contributed by atoms with Crippen LogP contribution >= 0.6 is 0 Å². The molecule has 2 rings (SSSR count). The van der Waals surface area contributed by atoms with Gasteiger partial charge in [-0.15, -0.1) is 0 Å². The Bertz CT molecular complexity index is 186. The molecule has 1 N–H and O–H groups in total. The van der Waals surface area contributed by atoms with Crippen LogP contribution in [0.3, 0.4) is 0 Å². The molecule has 0 aromatic rings. The third kappa shape index (κ3) is 1.90. The molecule has 0 aliphatic heterocycles. The zero-order valence-corrected chi connectivity index (χ0v) is 9.27. The van der Waals surface area contributed by atoms with Gasteiger partial charge in [-0.05, 0) is 43.1 Å². The third-order valence-electron chi connectivity index (χ3n) is 4.43. The van der Waals surface area contributed by atoms with E-state index < -0.39 is 0 Å². The lowest BCUT2D eigenvalue weighted by molar-refractivity contribution is 0.317. The van der Waals surface area contributed by atoms with E-state index in [0.717, 1.165) is 17.9 Å². The fourth-order valence-electron chi connectivity index (χ4n) is 2.44. The van der Waals surface area contributed by atoms with Crippen LogP contribution < -0.4 is 5.32 Å². The Morgan fingerprint density at radius 1 is 1.46 bits per heavy atom. The van der Waals surface area contributed by atoms with Gasteiger partial charge in [-0.25, -0.2) is 0 Å². The molecule has 0 bridgehead atoms. The number of hydrogen-bond donors (Lipinski definition) is 1. The first-order chi connectivity index (χ1) is 6.16. The van der Waals surface area contributed by atoms with E-state index in [1.807, 2.05) is 0 Å². The molecule has 0 aromatic heterocycles. The summed E-state index contributed by atoms with van der Waals surface area (Å²) in [4.78, 5) is 0. The first-order valence-electron chi connectivity index (χ1n) is 5.90. The van der Waals surface area contributed by atoms with Crippen molar-refractivity contribution in [3.05, 3.63) is 0 Å². The van der Waals surface area contributed by atoms with Gasteiger partial charge in [0.25, 0.3) is 0 Å². The van der Waals surface area contributed by atoms with Crippen molar-refractivity contribution in [2.75, 3.05) is 6.54 Å². The Kier molecular flexibility index (Phi) is 2.39. The fraction of sp³-hybridized carbons (Fsp3) is 1.00. The highest BCUT2D eigenvalue weighted by atomic mass is 15.0. The Hall–Kier alpha value is -0.0400. The Morgan fingerprint density at radius 3 is 2.69 bits per heavy atom. The SMILES string of the molecule is CCC(C)C1(C)CC1CNC1CC1. The van der Waals surface area contributed by atoms with E-state index in [1.165, 1.54) is 32.2 Å². The highest BCUT2D eigenvalue weighted by Crippen LogP contribution is 2.58. The number of hydrogen-bond acceptors (Lipinski definition) is 1. The lowest BCUT2D eigenvalue weighted by atomic mass is 9.88. The maximum Gasteiger partial charge on any atom is 0.00683 e. The summed E-state index contributed by atoms with van der Waals surface area (Å²) in [5, 5.41) is 3.65. The average molecular weight is 181 g/mol. The predicted octanol–water partition coefficient (Wildman–Crippen LogP) is 2.81. The maximum atomic E-state index is 3.65.